The Hall–Kier alpha value is -4.82. The first kappa shape index (κ1) is 28.7. The molecule has 8 nitrogen and oxygen atoms in total. The number of carbonyl (C=O) groups excluding carboxylic acids is 1. The number of benzene rings is 4. The average Bonchev–Trinajstić information content (AvgIpc) is 3.01. The Morgan fingerprint density at radius 2 is 1.45 bits per heavy atom. The molecule has 0 radical (unpaired) electrons. The van der Waals surface area contributed by atoms with Gasteiger partial charge < -0.3 is 29.4 Å². The zero-order valence-electron chi connectivity index (χ0n) is 24.3. The van der Waals surface area contributed by atoms with Crippen molar-refractivity contribution in [3.8, 4) is 17.2 Å². The Bertz CT molecular complexity index is 1780. The van der Waals surface area contributed by atoms with E-state index in [1.165, 1.54) is 5.56 Å². The predicted octanol–water partition coefficient (Wildman–Crippen LogP) is 6.02. The maximum absolute atomic E-state index is 13.3. The van der Waals surface area contributed by atoms with Gasteiger partial charge in [-0.25, -0.2) is 0 Å². The number of hydrogen-bond acceptors (Lipinski definition) is 6. The van der Waals surface area contributed by atoms with Gasteiger partial charge in [-0.2, -0.15) is 0 Å². The fourth-order valence-electron chi connectivity index (χ4n) is 5.23. The molecule has 1 aromatic heterocycles. The summed E-state index contributed by atoms with van der Waals surface area (Å²) < 4.78 is 16.2. The molecule has 0 aliphatic heterocycles. The van der Waals surface area contributed by atoms with Gasteiger partial charge in [0.05, 0.1) is 37.9 Å². The summed E-state index contributed by atoms with van der Waals surface area (Å²) in [7, 11) is 6.94. The number of pyridine rings is 1. The highest BCUT2D eigenvalue weighted by Gasteiger charge is 2.16. The van der Waals surface area contributed by atoms with Crippen molar-refractivity contribution in [1.29, 1.82) is 0 Å². The largest absolute Gasteiger partial charge is 0.495 e. The second kappa shape index (κ2) is 12.8. The molecule has 4 aromatic carbocycles. The molecule has 0 saturated heterocycles. The van der Waals surface area contributed by atoms with Crippen LogP contribution in [0.4, 0.5) is 5.69 Å². The number of aromatic amines is 1. The maximum Gasteiger partial charge on any atom is 0.257 e. The minimum atomic E-state index is -0.296. The van der Waals surface area contributed by atoms with E-state index in [1.54, 1.807) is 57.7 Å². The van der Waals surface area contributed by atoms with E-state index in [2.05, 4.69) is 28.3 Å². The second-order valence-electron chi connectivity index (χ2n) is 10.2. The van der Waals surface area contributed by atoms with Crippen LogP contribution in [0.3, 0.4) is 0 Å². The number of para-hydroxylation sites is 2. The highest BCUT2D eigenvalue weighted by molar-refractivity contribution is 6.13. The van der Waals surface area contributed by atoms with Crippen LogP contribution < -0.4 is 25.0 Å². The molecule has 0 saturated carbocycles. The Balaban J connectivity index is 1.21. The number of fused-ring (bicyclic) bond motifs is 2. The molecule has 0 spiro atoms. The number of anilines is 1. The van der Waals surface area contributed by atoms with Crippen LogP contribution in [0.2, 0.25) is 0 Å². The van der Waals surface area contributed by atoms with Crippen LogP contribution in [0.15, 0.2) is 83.7 Å². The summed E-state index contributed by atoms with van der Waals surface area (Å²) in [6, 6.07) is 24.4. The number of aromatic nitrogens is 1. The van der Waals surface area contributed by atoms with E-state index in [9.17, 15) is 9.59 Å². The molecule has 1 heterocycles. The van der Waals surface area contributed by atoms with E-state index in [0.717, 1.165) is 43.0 Å². The van der Waals surface area contributed by atoms with Gasteiger partial charge in [0, 0.05) is 23.0 Å². The number of aryl methyl sites for hydroxylation is 1. The molecule has 0 atom stereocenters. The highest BCUT2D eigenvalue weighted by Crippen LogP contribution is 2.28. The van der Waals surface area contributed by atoms with Crippen molar-refractivity contribution < 1.29 is 19.0 Å². The van der Waals surface area contributed by atoms with Crippen molar-refractivity contribution in [1.82, 2.24) is 9.88 Å². The van der Waals surface area contributed by atoms with Gasteiger partial charge in [-0.15, -0.1) is 0 Å². The molecule has 0 aliphatic rings. The Morgan fingerprint density at radius 1 is 0.786 bits per heavy atom. The summed E-state index contributed by atoms with van der Waals surface area (Å²) in [5.41, 5.74) is 4.33. The first-order valence-corrected chi connectivity index (χ1v) is 13.8. The fourth-order valence-corrected chi connectivity index (χ4v) is 5.23. The molecule has 0 unspecified atom stereocenters. The lowest BCUT2D eigenvalue weighted by Crippen LogP contribution is -2.19. The monoisotopic (exact) mass is 565 g/mol. The van der Waals surface area contributed by atoms with Gasteiger partial charge in [-0.05, 0) is 86.1 Å². The van der Waals surface area contributed by atoms with E-state index < -0.39 is 0 Å². The summed E-state index contributed by atoms with van der Waals surface area (Å²) in [4.78, 5) is 32.0. The molecule has 5 rings (SSSR count). The summed E-state index contributed by atoms with van der Waals surface area (Å²) >= 11 is 0. The number of carbonyl (C=O) groups is 1. The number of H-pyrrole nitrogens is 1. The number of amides is 1. The van der Waals surface area contributed by atoms with Crippen LogP contribution in [0, 0.1) is 0 Å². The SMILES string of the molecule is COc1ccc(CN(C)CCCc2ccc(NC(=O)c3cccc4c(=O)c5cccc(OC)c5[nH]c34)cc2)cc1OC. The van der Waals surface area contributed by atoms with E-state index in [-0.39, 0.29) is 11.3 Å². The molecule has 0 bridgehead atoms. The zero-order valence-corrected chi connectivity index (χ0v) is 24.3. The summed E-state index contributed by atoms with van der Waals surface area (Å²) in [6.07, 6.45) is 1.92. The van der Waals surface area contributed by atoms with Gasteiger partial charge in [0.25, 0.3) is 5.91 Å². The third-order valence-electron chi connectivity index (χ3n) is 7.41. The fraction of sp³-hybridized carbons (Fsp3) is 0.235. The molecular formula is C34H35N3O5. The van der Waals surface area contributed by atoms with Crippen molar-refractivity contribution in [3.63, 3.8) is 0 Å². The molecular weight excluding hydrogens is 530 g/mol. The average molecular weight is 566 g/mol. The van der Waals surface area contributed by atoms with Crippen LogP contribution in [0.25, 0.3) is 21.8 Å². The molecule has 8 heteroatoms. The molecule has 1 amide bonds. The van der Waals surface area contributed by atoms with Crippen LogP contribution in [-0.2, 0) is 13.0 Å². The second-order valence-corrected chi connectivity index (χ2v) is 10.2. The third kappa shape index (κ3) is 6.09. The lowest BCUT2D eigenvalue weighted by molar-refractivity contribution is 0.102. The van der Waals surface area contributed by atoms with Gasteiger partial charge in [0.2, 0.25) is 0 Å². The number of hydrogen-bond donors (Lipinski definition) is 2. The van der Waals surface area contributed by atoms with Crippen LogP contribution in [-0.4, -0.2) is 50.7 Å². The Labute approximate surface area is 244 Å². The van der Waals surface area contributed by atoms with Gasteiger partial charge in [0.15, 0.2) is 16.9 Å². The lowest BCUT2D eigenvalue weighted by Gasteiger charge is -2.18. The Kier molecular flexibility index (Phi) is 8.74. The first-order chi connectivity index (χ1) is 20.4. The van der Waals surface area contributed by atoms with Crippen LogP contribution in [0.5, 0.6) is 17.2 Å². The van der Waals surface area contributed by atoms with E-state index in [1.807, 2.05) is 36.4 Å². The van der Waals surface area contributed by atoms with Crippen molar-refractivity contribution in [2.75, 3.05) is 40.2 Å². The maximum atomic E-state index is 13.3. The van der Waals surface area contributed by atoms with Crippen LogP contribution in [0.1, 0.15) is 27.9 Å². The summed E-state index contributed by atoms with van der Waals surface area (Å²) in [5, 5.41) is 3.94. The van der Waals surface area contributed by atoms with Gasteiger partial charge in [0.1, 0.15) is 5.75 Å². The summed E-state index contributed by atoms with van der Waals surface area (Å²) in [5.74, 6) is 1.71. The van der Waals surface area contributed by atoms with Gasteiger partial charge >= 0.3 is 0 Å². The van der Waals surface area contributed by atoms with Gasteiger partial charge in [-0.3, -0.25) is 9.59 Å². The lowest BCUT2D eigenvalue weighted by atomic mass is 10.0. The standard InChI is InChI=1S/C34H35N3O5/c1-37(21-23-15-18-28(40-2)30(20-23)42-4)19-7-8-22-13-16-24(17-14-22)35-34(39)27-11-5-9-25-31(27)36-32-26(33(25)38)10-6-12-29(32)41-3/h5-6,9-18,20H,7-8,19,21H2,1-4H3,(H,35,39)(H,36,38). The number of methoxy groups -OCH3 is 3. The molecule has 216 valence electrons. The third-order valence-corrected chi connectivity index (χ3v) is 7.41. The molecule has 5 aromatic rings. The van der Waals surface area contributed by atoms with Gasteiger partial charge in [-0.1, -0.05) is 30.3 Å². The van der Waals surface area contributed by atoms with E-state index >= 15 is 0 Å². The van der Waals surface area contributed by atoms with Crippen molar-refractivity contribution in [2.45, 2.75) is 19.4 Å². The molecule has 0 aliphatic carbocycles. The number of nitrogens with zero attached hydrogens (tertiary/aromatic N) is 1. The molecule has 0 fully saturated rings. The topological polar surface area (TPSA) is 92.9 Å². The van der Waals surface area contributed by atoms with E-state index in [4.69, 9.17) is 14.2 Å². The number of ether oxygens (including phenoxy) is 3. The zero-order chi connectivity index (χ0) is 29.6. The van der Waals surface area contributed by atoms with Crippen molar-refractivity contribution >= 4 is 33.4 Å². The first-order valence-electron chi connectivity index (χ1n) is 13.8. The highest BCUT2D eigenvalue weighted by atomic mass is 16.5. The van der Waals surface area contributed by atoms with Crippen LogP contribution >= 0.6 is 0 Å². The number of nitrogens with one attached hydrogen (secondary N) is 2. The molecule has 42 heavy (non-hydrogen) atoms. The van der Waals surface area contributed by atoms with Crippen molar-refractivity contribution in [2.24, 2.45) is 0 Å². The minimum absolute atomic E-state index is 0.147. The Morgan fingerprint density at radius 3 is 2.17 bits per heavy atom. The number of rotatable bonds is 11. The normalized spacial score (nSPS) is 11.2. The quantitative estimate of drug-likeness (QED) is 0.190. The van der Waals surface area contributed by atoms with Crippen molar-refractivity contribution in [3.05, 3.63) is 106 Å². The smallest absolute Gasteiger partial charge is 0.257 e. The minimum Gasteiger partial charge on any atom is -0.495 e. The molecule has 2 N–H and O–H groups in total. The summed E-state index contributed by atoms with van der Waals surface area (Å²) in [6.45, 7) is 1.75. The predicted molar refractivity (Wildman–Crippen MR) is 167 cm³/mol. The van der Waals surface area contributed by atoms with E-state index in [0.29, 0.717) is 38.8 Å².